The second-order valence-electron chi connectivity index (χ2n) is 4.41. The summed E-state index contributed by atoms with van der Waals surface area (Å²) >= 11 is 1.10. The van der Waals surface area contributed by atoms with Crippen molar-refractivity contribution in [2.45, 2.75) is 25.9 Å². The lowest BCUT2D eigenvalue weighted by Crippen LogP contribution is -2.44. The van der Waals surface area contributed by atoms with E-state index in [4.69, 9.17) is 0 Å². The average Bonchev–Trinajstić information content (AvgIpc) is 3.01. The number of nitrogens with zero attached hydrogens (tertiary/aromatic N) is 4. The van der Waals surface area contributed by atoms with Gasteiger partial charge in [0.15, 0.2) is 0 Å². The standard InChI is InChI=1S/C13H17N5O2S/c1-2-11(9-19)18(8-10-5-3-4-6-14-10)13(20)16-12-7-15-17-21-12/h3-7,11,19H,2,8-9H2,1H3,(H,16,20). The number of aliphatic hydroxyl groups excluding tert-OH is 1. The van der Waals surface area contributed by atoms with Gasteiger partial charge in [0.1, 0.15) is 5.00 Å². The van der Waals surface area contributed by atoms with Gasteiger partial charge in [-0.1, -0.05) is 17.5 Å². The second kappa shape index (κ2) is 7.65. The van der Waals surface area contributed by atoms with E-state index in [0.29, 0.717) is 18.0 Å². The zero-order chi connectivity index (χ0) is 15.1. The fourth-order valence-corrected chi connectivity index (χ4v) is 2.29. The predicted molar refractivity (Wildman–Crippen MR) is 79.9 cm³/mol. The summed E-state index contributed by atoms with van der Waals surface area (Å²) in [5.74, 6) is 0. The molecule has 0 radical (unpaired) electrons. The van der Waals surface area contributed by atoms with Crippen molar-refractivity contribution >= 4 is 22.6 Å². The van der Waals surface area contributed by atoms with Gasteiger partial charge in [-0.05, 0) is 18.6 Å². The molecule has 1 unspecified atom stereocenters. The highest BCUT2D eigenvalue weighted by Crippen LogP contribution is 2.15. The van der Waals surface area contributed by atoms with Crippen LogP contribution in [0, 0.1) is 0 Å². The Kier molecular flexibility index (Phi) is 5.59. The summed E-state index contributed by atoms with van der Waals surface area (Å²) in [6.07, 6.45) is 3.82. The lowest BCUT2D eigenvalue weighted by Gasteiger charge is -2.29. The zero-order valence-corrected chi connectivity index (χ0v) is 12.5. The molecule has 0 saturated carbocycles. The average molecular weight is 307 g/mol. The van der Waals surface area contributed by atoms with E-state index in [2.05, 4.69) is 19.9 Å². The predicted octanol–water partition coefficient (Wildman–Crippen LogP) is 1.74. The molecular weight excluding hydrogens is 290 g/mol. The van der Waals surface area contributed by atoms with Crippen LogP contribution in [0.4, 0.5) is 9.80 Å². The molecule has 2 N–H and O–H groups in total. The first-order valence-corrected chi connectivity index (χ1v) is 7.37. The van der Waals surface area contributed by atoms with Crippen LogP contribution in [0.2, 0.25) is 0 Å². The van der Waals surface area contributed by atoms with Gasteiger partial charge in [-0.25, -0.2) is 4.79 Å². The second-order valence-corrected chi connectivity index (χ2v) is 5.19. The van der Waals surface area contributed by atoms with Crippen LogP contribution in [-0.4, -0.2) is 43.3 Å². The van der Waals surface area contributed by atoms with E-state index < -0.39 is 0 Å². The van der Waals surface area contributed by atoms with Crippen LogP contribution in [0.5, 0.6) is 0 Å². The lowest BCUT2D eigenvalue weighted by molar-refractivity contribution is 0.133. The Labute approximate surface area is 126 Å². The first kappa shape index (κ1) is 15.3. The number of aromatic nitrogens is 3. The summed E-state index contributed by atoms with van der Waals surface area (Å²) in [6, 6.07) is 4.96. The van der Waals surface area contributed by atoms with E-state index in [1.54, 1.807) is 11.1 Å². The molecule has 0 aliphatic carbocycles. The van der Waals surface area contributed by atoms with Crippen LogP contribution in [0.1, 0.15) is 19.0 Å². The minimum atomic E-state index is -0.299. The van der Waals surface area contributed by atoms with Crippen molar-refractivity contribution in [2.75, 3.05) is 11.9 Å². The lowest BCUT2D eigenvalue weighted by atomic mass is 10.2. The maximum atomic E-state index is 12.4. The topological polar surface area (TPSA) is 91.2 Å². The molecule has 7 nitrogen and oxygen atoms in total. The van der Waals surface area contributed by atoms with E-state index in [9.17, 15) is 9.90 Å². The Morgan fingerprint density at radius 2 is 2.38 bits per heavy atom. The fraction of sp³-hybridized carbons (Fsp3) is 0.385. The SMILES string of the molecule is CCC(CO)N(Cc1ccccn1)C(=O)Nc1cnns1. The molecule has 1 atom stereocenters. The Morgan fingerprint density at radius 3 is 2.95 bits per heavy atom. The van der Waals surface area contributed by atoms with Gasteiger partial charge in [0.25, 0.3) is 0 Å². The van der Waals surface area contributed by atoms with Crippen LogP contribution in [0.3, 0.4) is 0 Å². The number of rotatable bonds is 6. The van der Waals surface area contributed by atoms with Crippen molar-refractivity contribution in [2.24, 2.45) is 0 Å². The number of urea groups is 1. The number of carbonyl (C=O) groups excluding carboxylic acids is 1. The summed E-state index contributed by atoms with van der Waals surface area (Å²) in [4.78, 5) is 18.2. The fourth-order valence-electron chi connectivity index (χ4n) is 1.88. The Balaban J connectivity index is 2.13. The molecule has 2 aromatic rings. The maximum absolute atomic E-state index is 12.4. The molecule has 0 aromatic carbocycles. The van der Waals surface area contributed by atoms with Gasteiger partial charge < -0.3 is 10.0 Å². The molecule has 0 aliphatic rings. The minimum Gasteiger partial charge on any atom is -0.394 e. The highest BCUT2D eigenvalue weighted by molar-refractivity contribution is 7.10. The number of nitrogens with one attached hydrogen (secondary N) is 1. The van der Waals surface area contributed by atoms with Gasteiger partial charge >= 0.3 is 6.03 Å². The smallest absolute Gasteiger partial charge is 0.323 e. The van der Waals surface area contributed by atoms with Gasteiger partial charge in [-0.2, -0.15) is 0 Å². The molecule has 2 heterocycles. The minimum absolute atomic E-state index is 0.0995. The molecule has 0 saturated heterocycles. The molecule has 0 aliphatic heterocycles. The van der Waals surface area contributed by atoms with E-state index in [1.807, 2.05) is 25.1 Å². The maximum Gasteiger partial charge on any atom is 0.323 e. The highest BCUT2D eigenvalue weighted by Gasteiger charge is 2.23. The van der Waals surface area contributed by atoms with Gasteiger partial charge in [0.2, 0.25) is 0 Å². The summed E-state index contributed by atoms with van der Waals surface area (Å²) < 4.78 is 3.70. The van der Waals surface area contributed by atoms with Crippen LogP contribution in [0.15, 0.2) is 30.6 Å². The largest absolute Gasteiger partial charge is 0.394 e. The van der Waals surface area contributed by atoms with Crippen molar-refractivity contribution in [3.63, 3.8) is 0 Å². The molecule has 0 spiro atoms. The van der Waals surface area contributed by atoms with Crippen LogP contribution >= 0.6 is 11.5 Å². The van der Waals surface area contributed by atoms with Gasteiger partial charge in [-0.3, -0.25) is 10.3 Å². The Morgan fingerprint density at radius 1 is 1.52 bits per heavy atom. The third kappa shape index (κ3) is 4.20. The monoisotopic (exact) mass is 307 g/mol. The van der Waals surface area contributed by atoms with Crippen LogP contribution < -0.4 is 5.32 Å². The zero-order valence-electron chi connectivity index (χ0n) is 11.6. The highest BCUT2D eigenvalue weighted by atomic mass is 32.1. The van der Waals surface area contributed by atoms with Crippen molar-refractivity contribution in [3.8, 4) is 0 Å². The quantitative estimate of drug-likeness (QED) is 0.848. The first-order chi connectivity index (χ1) is 10.2. The molecule has 112 valence electrons. The van der Waals surface area contributed by atoms with Gasteiger partial charge in [-0.15, -0.1) is 5.10 Å². The number of amides is 2. The molecule has 8 heteroatoms. The summed E-state index contributed by atoms with van der Waals surface area (Å²) in [5, 5.41) is 16.5. The van der Waals surface area contributed by atoms with Crippen molar-refractivity contribution in [3.05, 3.63) is 36.3 Å². The third-order valence-electron chi connectivity index (χ3n) is 3.03. The number of aliphatic hydroxyl groups is 1. The van der Waals surface area contributed by atoms with Crippen LogP contribution in [-0.2, 0) is 6.54 Å². The van der Waals surface area contributed by atoms with E-state index in [1.165, 1.54) is 6.20 Å². The Hall–Kier alpha value is -2.06. The first-order valence-electron chi connectivity index (χ1n) is 6.60. The molecule has 2 rings (SSSR count). The number of carbonyl (C=O) groups is 1. The van der Waals surface area contributed by atoms with Gasteiger partial charge in [0.05, 0.1) is 31.1 Å². The normalized spacial score (nSPS) is 11.9. The third-order valence-corrected chi connectivity index (χ3v) is 3.61. The van der Waals surface area contributed by atoms with E-state index in [-0.39, 0.29) is 18.7 Å². The van der Waals surface area contributed by atoms with Crippen LogP contribution in [0.25, 0.3) is 0 Å². The van der Waals surface area contributed by atoms with E-state index in [0.717, 1.165) is 17.2 Å². The Bertz CT molecular complexity index is 545. The number of hydrogen-bond acceptors (Lipinski definition) is 6. The summed E-state index contributed by atoms with van der Waals surface area (Å²) in [5.41, 5.74) is 0.766. The summed E-state index contributed by atoms with van der Waals surface area (Å²) in [6.45, 7) is 2.16. The van der Waals surface area contributed by atoms with Crippen molar-refractivity contribution < 1.29 is 9.90 Å². The van der Waals surface area contributed by atoms with Gasteiger partial charge in [0, 0.05) is 17.7 Å². The van der Waals surface area contributed by atoms with Crippen molar-refractivity contribution in [1.29, 1.82) is 0 Å². The number of anilines is 1. The number of hydrogen-bond donors (Lipinski definition) is 2. The molecule has 21 heavy (non-hydrogen) atoms. The molecule has 0 fully saturated rings. The number of pyridine rings is 1. The summed E-state index contributed by atoms with van der Waals surface area (Å²) in [7, 11) is 0. The van der Waals surface area contributed by atoms with E-state index >= 15 is 0 Å². The molecule has 2 amide bonds. The molecule has 0 bridgehead atoms. The molecule has 2 aromatic heterocycles. The van der Waals surface area contributed by atoms with Crippen molar-refractivity contribution in [1.82, 2.24) is 19.5 Å². The molecular formula is C13H17N5O2S.